The van der Waals surface area contributed by atoms with Gasteiger partial charge in [0.15, 0.2) is 0 Å². The summed E-state index contributed by atoms with van der Waals surface area (Å²) in [6, 6.07) is 0. The maximum atomic E-state index is 2.45. The first-order chi connectivity index (χ1) is 6.74. The second kappa shape index (κ2) is 4.15. The highest BCUT2D eigenvalue weighted by Gasteiger charge is 2.27. The number of hydrogen-bond acceptors (Lipinski definition) is 0. The molecule has 0 nitrogen and oxygen atoms in total. The van der Waals surface area contributed by atoms with Crippen LogP contribution in [0.15, 0.2) is 23.3 Å². The molecule has 86 valence electrons. The molecular weight excluding hydrogens is 180 g/mol. The van der Waals surface area contributed by atoms with Gasteiger partial charge in [-0.15, -0.1) is 0 Å². The van der Waals surface area contributed by atoms with Crippen molar-refractivity contribution in [1.82, 2.24) is 0 Å². The highest BCUT2D eigenvalue weighted by Crippen LogP contribution is 2.41. The molecule has 0 aromatic rings. The van der Waals surface area contributed by atoms with Gasteiger partial charge in [0.25, 0.3) is 0 Å². The fraction of sp³-hybridized carbons (Fsp3) is 0.733. The molecule has 1 aliphatic rings. The van der Waals surface area contributed by atoms with Crippen molar-refractivity contribution < 1.29 is 0 Å². The quantitative estimate of drug-likeness (QED) is 0.559. The van der Waals surface area contributed by atoms with Crippen LogP contribution in [0.2, 0.25) is 0 Å². The second-order valence-corrected chi connectivity index (χ2v) is 6.51. The van der Waals surface area contributed by atoms with E-state index in [-0.39, 0.29) is 0 Å². The predicted octanol–water partition coefficient (Wildman–Crippen LogP) is 5.12. The van der Waals surface area contributed by atoms with Crippen molar-refractivity contribution in [2.75, 3.05) is 0 Å². The second-order valence-electron chi connectivity index (χ2n) is 6.51. The Morgan fingerprint density at radius 1 is 1.33 bits per heavy atom. The van der Waals surface area contributed by atoms with Crippen LogP contribution in [0.3, 0.4) is 0 Å². The fourth-order valence-electron chi connectivity index (χ4n) is 2.09. The Balaban J connectivity index is 3.05. The van der Waals surface area contributed by atoms with Crippen LogP contribution in [-0.2, 0) is 0 Å². The smallest absolute Gasteiger partial charge is 0.0103 e. The lowest BCUT2D eigenvalue weighted by atomic mass is 9.72. The van der Waals surface area contributed by atoms with Gasteiger partial charge in [0.2, 0.25) is 0 Å². The van der Waals surface area contributed by atoms with Crippen LogP contribution >= 0.6 is 0 Å². The van der Waals surface area contributed by atoms with Crippen LogP contribution in [0.25, 0.3) is 0 Å². The van der Waals surface area contributed by atoms with Crippen LogP contribution in [0, 0.1) is 10.8 Å². The maximum Gasteiger partial charge on any atom is -0.0103 e. The molecule has 0 saturated carbocycles. The molecule has 0 atom stereocenters. The molecule has 1 aliphatic carbocycles. The average Bonchev–Trinajstić information content (AvgIpc) is 2.06. The monoisotopic (exact) mass is 206 g/mol. The minimum Gasteiger partial charge on any atom is -0.0754 e. The van der Waals surface area contributed by atoms with E-state index in [0.29, 0.717) is 10.8 Å². The van der Waals surface area contributed by atoms with E-state index in [9.17, 15) is 0 Å². The first-order valence-corrected chi connectivity index (χ1v) is 6.17. The molecule has 0 aliphatic heterocycles. The van der Waals surface area contributed by atoms with Crippen molar-refractivity contribution in [3.63, 3.8) is 0 Å². The molecule has 15 heavy (non-hydrogen) atoms. The van der Waals surface area contributed by atoms with E-state index in [2.05, 4.69) is 53.7 Å². The summed E-state index contributed by atoms with van der Waals surface area (Å²) in [5.74, 6) is 0. The van der Waals surface area contributed by atoms with Crippen molar-refractivity contribution in [3.05, 3.63) is 23.3 Å². The van der Waals surface area contributed by atoms with Gasteiger partial charge >= 0.3 is 0 Å². The number of hydrogen-bond donors (Lipinski definition) is 0. The first-order valence-electron chi connectivity index (χ1n) is 6.17. The Kier molecular flexibility index (Phi) is 3.48. The van der Waals surface area contributed by atoms with Crippen molar-refractivity contribution in [2.24, 2.45) is 10.8 Å². The highest BCUT2D eigenvalue weighted by molar-refractivity contribution is 5.33. The third kappa shape index (κ3) is 3.52. The zero-order valence-corrected chi connectivity index (χ0v) is 11.3. The van der Waals surface area contributed by atoms with E-state index >= 15 is 0 Å². The Morgan fingerprint density at radius 2 is 1.93 bits per heavy atom. The van der Waals surface area contributed by atoms with Gasteiger partial charge in [-0.1, -0.05) is 59.3 Å². The molecule has 1 rings (SSSR count). The minimum absolute atomic E-state index is 0.291. The van der Waals surface area contributed by atoms with E-state index in [1.807, 2.05) is 0 Å². The van der Waals surface area contributed by atoms with Crippen LogP contribution in [0.5, 0.6) is 0 Å². The third-order valence-electron chi connectivity index (χ3n) is 3.25. The summed E-state index contributed by atoms with van der Waals surface area (Å²) >= 11 is 0. The van der Waals surface area contributed by atoms with E-state index in [1.165, 1.54) is 24.8 Å². The topological polar surface area (TPSA) is 0 Å². The van der Waals surface area contributed by atoms with Gasteiger partial charge in [0, 0.05) is 0 Å². The lowest BCUT2D eigenvalue weighted by molar-refractivity contribution is 0.391. The average molecular weight is 206 g/mol. The van der Waals surface area contributed by atoms with Gasteiger partial charge in [-0.05, 0) is 35.7 Å². The summed E-state index contributed by atoms with van der Waals surface area (Å²) in [6.07, 6.45) is 8.67. The summed E-state index contributed by atoms with van der Waals surface area (Å²) in [7, 11) is 0. The molecule has 0 unspecified atom stereocenters. The van der Waals surface area contributed by atoms with Crippen molar-refractivity contribution in [3.8, 4) is 0 Å². The molecule has 0 heterocycles. The van der Waals surface area contributed by atoms with E-state index < -0.39 is 0 Å². The van der Waals surface area contributed by atoms with E-state index in [1.54, 1.807) is 5.57 Å². The lowest BCUT2D eigenvalue weighted by Crippen LogP contribution is -2.20. The van der Waals surface area contributed by atoms with Crippen LogP contribution < -0.4 is 0 Å². The third-order valence-corrected chi connectivity index (χ3v) is 3.25. The molecule has 0 saturated heterocycles. The molecule has 0 amide bonds. The van der Waals surface area contributed by atoms with Crippen LogP contribution in [0.4, 0.5) is 0 Å². The van der Waals surface area contributed by atoms with Crippen molar-refractivity contribution >= 4 is 0 Å². The molecule has 0 bridgehead atoms. The molecule has 0 N–H and O–H groups in total. The Bertz CT molecular complexity index is 282. The summed E-state index contributed by atoms with van der Waals surface area (Å²) in [5, 5.41) is 0. The van der Waals surface area contributed by atoms with Gasteiger partial charge in [-0.2, -0.15) is 0 Å². The van der Waals surface area contributed by atoms with E-state index in [4.69, 9.17) is 0 Å². The van der Waals surface area contributed by atoms with Gasteiger partial charge in [-0.25, -0.2) is 0 Å². The predicted molar refractivity (Wildman–Crippen MR) is 68.9 cm³/mol. The molecule has 0 fully saturated rings. The Morgan fingerprint density at radius 3 is 2.40 bits per heavy atom. The molecule has 0 spiro atoms. The number of allylic oxidation sites excluding steroid dienone is 4. The largest absolute Gasteiger partial charge is 0.0754 e. The van der Waals surface area contributed by atoms with Crippen molar-refractivity contribution in [1.29, 1.82) is 0 Å². The Labute approximate surface area is 95.5 Å². The molecule has 0 heteroatoms. The fourth-order valence-corrected chi connectivity index (χ4v) is 2.09. The van der Waals surface area contributed by atoms with Crippen LogP contribution in [0.1, 0.15) is 60.8 Å². The lowest BCUT2D eigenvalue weighted by Gasteiger charge is -2.33. The normalized spacial score (nSPS) is 24.1. The minimum atomic E-state index is 0.291. The van der Waals surface area contributed by atoms with Gasteiger partial charge < -0.3 is 0 Å². The highest BCUT2D eigenvalue weighted by atomic mass is 14.3. The molecule has 0 aromatic heterocycles. The van der Waals surface area contributed by atoms with E-state index in [0.717, 1.165) is 0 Å². The SMILES string of the molecule is CCC1=C/C(=C\C(C)(C)C)C(C)(C)CC1. The maximum absolute atomic E-state index is 2.45. The standard InChI is InChI=1S/C15H26/c1-7-12-8-9-15(5,6)13(10-12)11-14(2,3)4/h10-11H,7-9H2,1-6H3/b13-11+. The summed E-state index contributed by atoms with van der Waals surface area (Å²) < 4.78 is 0. The zero-order valence-electron chi connectivity index (χ0n) is 11.3. The van der Waals surface area contributed by atoms with Gasteiger partial charge in [-0.3, -0.25) is 0 Å². The summed E-state index contributed by atoms with van der Waals surface area (Å²) in [6.45, 7) is 13.8. The van der Waals surface area contributed by atoms with Crippen molar-refractivity contribution in [2.45, 2.75) is 60.8 Å². The number of rotatable bonds is 1. The molecule has 0 radical (unpaired) electrons. The first kappa shape index (κ1) is 12.5. The molecular formula is C15H26. The van der Waals surface area contributed by atoms with Gasteiger partial charge in [0.05, 0.1) is 0 Å². The molecule has 0 aromatic carbocycles. The Hall–Kier alpha value is -0.520. The summed E-state index contributed by atoms with van der Waals surface area (Å²) in [4.78, 5) is 0. The summed E-state index contributed by atoms with van der Waals surface area (Å²) in [5.41, 5.74) is 3.81. The van der Waals surface area contributed by atoms with Gasteiger partial charge in [0.1, 0.15) is 0 Å². The zero-order chi connectivity index (χ0) is 11.7. The van der Waals surface area contributed by atoms with Crippen LogP contribution in [-0.4, -0.2) is 0 Å².